The molecule has 1 atom stereocenters. The molecule has 31 heavy (non-hydrogen) atoms. The van der Waals surface area contributed by atoms with E-state index in [4.69, 9.17) is 14.2 Å². The maximum atomic E-state index is 13.1. The number of allylic oxidation sites excluding steroid dienone is 1. The van der Waals surface area contributed by atoms with Gasteiger partial charge in [0.05, 0.1) is 31.0 Å². The van der Waals surface area contributed by atoms with Gasteiger partial charge in [0.25, 0.3) is 0 Å². The molecule has 1 amide bonds. The average molecular weight is 445 g/mol. The van der Waals surface area contributed by atoms with Gasteiger partial charge in [-0.2, -0.15) is 0 Å². The van der Waals surface area contributed by atoms with Crippen molar-refractivity contribution >= 4 is 28.8 Å². The van der Waals surface area contributed by atoms with E-state index >= 15 is 0 Å². The van der Waals surface area contributed by atoms with Gasteiger partial charge < -0.3 is 14.2 Å². The van der Waals surface area contributed by atoms with Gasteiger partial charge in [-0.05, 0) is 30.5 Å². The highest BCUT2D eigenvalue weighted by atomic mass is 32.2. The number of hydrogen-bond acceptors (Lipinski definition) is 7. The molecule has 1 aromatic carbocycles. The summed E-state index contributed by atoms with van der Waals surface area (Å²) in [5.41, 5.74) is 1.64. The molecule has 1 saturated heterocycles. The predicted octanol–water partition coefficient (Wildman–Crippen LogP) is 4.11. The van der Waals surface area contributed by atoms with Crippen LogP contribution in [0.15, 0.2) is 47.1 Å². The van der Waals surface area contributed by atoms with Crippen molar-refractivity contribution in [1.29, 1.82) is 0 Å². The Morgan fingerprint density at radius 1 is 1.39 bits per heavy atom. The topological polar surface area (TPSA) is 77.4 Å². The third kappa shape index (κ3) is 4.95. The predicted molar refractivity (Wildman–Crippen MR) is 121 cm³/mol. The standard InChI is InChI=1S/C23H28N2O5S/c1-6-10-29-17-8-7-16(12-18(17)28-5)21-20(22(27)30-13-14(2)3)15(4)24-23-25(21)19(26)9-11-31-23/h6-8,12,14,21H,1,9-11,13H2,2-5H3/t21-/m0/s1. The Balaban J connectivity index is 2.08. The lowest BCUT2D eigenvalue weighted by Crippen LogP contribution is -2.45. The molecule has 1 fully saturated rings. The number of carbonyl (C=O) groups is 2. The summed E-state index contributed by atoms with van der Waals surface area (Å²) in [6, 6.07) is 4.76. The lowest BCUT2D eigenvalue weighted by molar-refractivity contribution is -0.141. The molecule has 0 radical (unpaired) electrons. The van der Waals surface area contributed by atoms with Crippen molar-refractivity contribution in [3.8, 4) is 11.5 Å². The molecule has 1 aromatic rings. The molecular weight excluding hydrogens is 416 g/mol. The first-order valence-electron chi connectivity index (χ1n) is 10.2. The van der Waals surface area contributed by atoms with Gasteiger partial charge in [-0.3, -0.25) is 9.69 Å². The zero-order valence-corrected chi connectivity index (χ0v) is 19.2. The Morgan fingerprint density at radius 2 is 2.16 bits per heavy atom. The number of amides is 1. The van der Waals surface area contributed by atoms with E-state index in [0.717, 1.165) is 5.56 Å². The number of aliphatic imine (C=N–C) groups is 1. The number of esters is 1. The number of hydrogen-bond donors (Lipinski definition) is 0. The van der Waals surface area contributed by atoms with Gasteiger partial charge in [-0.25, -0.2) is 9.79 Å². The monoisotopic (exact) mass is 444 g/mol. The fourth-order valence-corrected chi connectivity index (χ4v) is 4.42. The summed E-state index contributed by atoms with van der Waals surface area (Å²) in [7, 11) is 1.55. The summed E-state index contributed by atoms with van der Waals surface area (Å²) < 4.78 is 16.7. The first-order chi connectivity index (χ1) is 14.9. The van der Waals surface area contributed by atoms with Crippen LogP contribution in [0, 0.1) is 5.92 Å². The summed E-state index contributed by atoms with van der Waals surface area (Å²) in [4.78, 5) is 32.1. The lowest BCUT2D eigenvalue weighted by Gasteiger charge is -2.39. The summed E-state index contributed by atoms with van der Waals surface area (Å²) >= 11 is 1.51. The molecule has 2 aliphatic heterocycles. The fourth-order valence-electron chi connectivity index (χ4n) is 3.41. The van der Waals surface area contributed by atoms with Gasteiger partial charge in [0.1, 0.15) is 6.61 Å². The van der Waals surface area contributed by atoms with Gasteiger partial charge in [0.15, 0.2) is 16.7 Å². The van der Waals surface area contributed by atoms with Crippen LogP contribution in [-0.2, 0) is 14.3 Å². The van der Waals surface area contributed by atoms with Crippen LogP contribution in [0.2, 0.25) is 0 Å². The van der Waals surface area contributed by atoms with Gasteiger partial charge in [-0.15, -0.1) is 0 Å². The van der Waals surface area contributed by atoms with Crippen LogP contribution in [0.1, 0.15) is 38.8 Å². The second-order valence-corrected chi connectivity index (χ2v) is 8.72. The molecule has 2 aliphatic rings. The highest BCUT2D eigenvalue weighted by Gasteiger charge is 2.42. The quantitative estimate of drug-likeness (QED) is 0.444. The first-order valence-corrected chi connectivity index (χ1v) is 11.2. The number of carbonyl (C=O) groups excluding carboxylic acids is 2. The maximum absolute atomic E-state index is 13.1. The van der Waals surface area contributed by atoms with E-state index in [1.54, 1.807) is 37.1 Å². The molecule has 0 spiro atoms. The van der Waals surface area contributed by atoms with Crippen molar-refractivity contribution in [2.45, 2.75) is 33.2 Å². The van der Waals surface area contributed by atoms with Gasteiger partial charge in [-0.1, -0.05) is 44.3 Å². The van der Waals surface area contributed by atoms with E-state index < -0.39 is 12.0 Å². The largest absolute Gasteiger partial charge is 0.493 e. The Morgan fingerprint density at radius 3 is 2.84 bits per heavy atom. The summed E-state index contributed by atoms with van der Waals surface area (Å²) in [6.45, 7) is 10.0. The Kier molecular flexibility index (Phi) is 7.43. The molecule has 0 aromatic heterocycles. The number of fused-ring (bicyclic) bond motifs is 1. The van der Waals surface area contributed by atoms with Crippen molar-refractivity contribution in [2.24, 2.45) is 10.9 Å². The number of methoxy groups -OCH3 is 1. The molecular formula is C23H28N2O5S. The summed E-state index contributed by atoms with van der Waals surface area (Å²) in [6.07, 6.45) is 2.03. The van der Waals surface area contributed by atoms with Crippen LogP contribution in [0.3, 0.4) is 0 Å². The zero-order valence-electron chi connectivity index (χ0n) is 18.3. The fraction of sp³-hybridized carbons (Fsp3) is 0.435. The SMILES string of the molecule is C=CCOc1ccc([C@H]2C(C(=O)OCC(C)C)=C(C)N=C3SCCC(=O)N32)cc1OC. The zero-order chi connectivity index (χ0) is 22.5. The number of amidine groups is 1. The minimum atomic E-state index is -0.644. The minimum Gasteiger partial charge on any atom is -0.493 e. The second-order valence-electron chi connectivity index (χ2n) is 7.66. The van der Waals surface area contributed by atoms with Crippen molar-refractivity contribution < 1.29 is 23.8 Å². The number of nitrogens with zero attached hydrogens (tertiary/aromatic N) is 2. The van der Waals surface area contributed by atoms with Crippen LogP contribution in [0.25, 0.3) is 0 Å². The lowest BCUT2D eigenvalue weighted by atomic mass is 9.93. The number of thioether (sulfide) groups is 1. The first kappa shape index (κ1) is 22.9. The molecule has 8 heteroatoms. The van der Waals surface area contributed by atoms with Crippen molar-refractivity contribution in [1.82, 2.24) is 4.90 Å². The number of rotatable bonds is 8. The second kappa shape index (κ2) is 10.0. The molecule has 7 nitrogen and oxygen atoms in total. The van der Waals surface area contributed by atoms with Gasteiger partial charge in [0, 0.05) is 12.2 Å². The normalized spacial score (nSPS) is 18.5. The van der Waals surface area contributed by atoms with E-state index in [0.29, 0.717) is 53.3 Å². The van der Waals surface area contributed by atoms with E-state index in [1.807, 2.05) is 19.9 Å². The van der Waals surface area contributed by atoms with Crippen LogP contribution in [-0.4, -0.2) is 48.0 Å². The van der Waals surface area contributed by atoms with E-state index in [2.05, 4.69) is 11.6 Å². The number of benzene rings is 1. The Labute approximate surface area is 187 Å². The summed E-state index contributed by atoms with van der Waals surface area (Å²) in [5, 5.41) is 0.602. The van der Waals surface area contributed by atoms with Crippen molar-refractivity contribution in [2.75, 3.05) is 26.1 Å². The van der Waals surface area contributed by atoms with E-state index in [1.165, 1.54) is 11.8 Å². The molecule has 3 rings (SSSR count). The Hall–Kier alpha value is -2.74. The van der Waals surface area contributed by atoms with E-state index in [-0.39, 0.29) is 11.8 Å². The van der Waals surface area contributed by atoms with Crippen molar-refractivity contribution in [3.05, 3.63) is 47.7 Å². The highest BCUT2D eigenvalue weighted by molar-refractivity contribution is 8.14. The van der Waals surface area contributed by atoms with Crippen LogP contribution >= 0.6 is 11.8 Å². The van der Waals surface area contributed by atoms with Gasteiger partial charge in [0.2, 0.25) is 5.91 Å². The summed E-state index contributed by atoms with van der Waals surface area (Å²) in [5.74, 6) is 1.38. The Bertz CT molecular complexity index is 938. The van der Waals surface area contributed by atoms with Crippen molar-refractivity contribution in [3.63, 3.8) is 0 Å². The van der Waals surface area contributed by atoms with Crippen LogP contribution in [0.4, 0.5) is 0 Å². The maximum Gasteiger partial charge on any atom is 0.338 e. The van der Waals surface area contributed by atoms with Crippen LogP contribution < -0.4 is 9.47 Å². The van der Waals surface area contributed by atoms with E-state index in [9.17, 15) is 9.59 Å². The molecule has 0 N–H and O–H groups in total. The highest BCUT2D eigenvalue weighted by Crippen LogP contribution is 2.42. The third-order valence-corrected chi connectivity index (χ3v) is 5.79. The van der Waals surface area contributed by atoms with Crippen LogP contribution in [0.5, 0.6) is 11.5 Å². The average Bonchev–Trinajstić information content (AvgIpc) is 2.75. The minimum absolute atomic E-state index is 0.0740. The third-order valence-electron chi connectivity index (χ3n) is 4.83. The molecule has 166 valence electrons. The number of ether oxygens (including phenoxy) is 3. The van der Waals surface area contributed by atoms with Gasteiger partial charge >= 0.3 is 5.97 Å². The molecule has 0 bridgehead atoms. The molecule has 0 aliphatic carbocycles. The smallest absolute Gasteiger partial charge is 0.338 e. The molecule has 0 unspecified atom stereocenters. The molecule has 0 saturated carbocycles. The molecule has 2 heterocycles.